The average Bonchev–Trinajstić information content (AvgIpc) is 3.05. The second kappa shape index (κ2) is 7.02. The van der Waals surface area contributed by atoms with Gasteiger partial charge in [-0.2, -0.15) is 0 Å². The predicted molar refractivity (Wildman–Crippen MR) is 102 cm³/mol. The topological polar surface area (TPSA) is 71.4 Å². The lowest BCUT2D eigenvalue weighted by molar-refractivity contribution is -0.131. The van der Waals surface area contributed by atoms with Gasteiger partial charge in [0.25, 0.3) is 5.91 Å². The van der Waals surface area contributed by atoms with E-state index in [2.05, 4.69) is 5.32 Å². The molecule has 1 atom stereocenters. The lowest BCUT2D eigenvalue weighted by Gasteiger charge is -2.26. The molecule has 1 aromatic heterocycles. The van der Waals surface area contributed by atoms with E-state index in [1.54, 1.807) is 6.07 Å². The molecule has 6 heteroatoms. The van der Waals surface area contributed by atoms with Crippen LogP contribution >= 0.6 is 0 Å². The van der Waals surface area contributed by atoms with Crippen LogP contribution in [0.4, 0.5) is 4.79 Å². The highest BCUT2D eigenvalue weighted by Crippen LogP contribution is 2.33. The fourth-order valence-electron chi connectivity index (χ4n) is 3.74. The number of aromatic nitrogens is 1. The van der Waals surface area contributed by atoms with E-state index in [0.717, 1.165) is 28.3 Å². The summed E-state index contributed by atoms with van der Waals surface area (Å²) in [4.78, 5) is 39.7. The molecule has 0 unspecified atom stereocenters. The summed E-state index contributed by atoms with van der Waals surface area (Å²) in [5.74, 6) is -0.598. The van der Waals surface area contributed by atoms with E-state index in [-0.39, 0.29) is 18.2 Å². The highest BCUT2D eigenvalue weighted by atomic mass is 16.2. The number of carbonyl (C=O) groups is 3. The van der Waals surface area contributed by atoms with Gasteiger partial charge in [0.15, 0.2) is 5.78 Å². The number of hydrogen-bond acceptors (Lipinski definition) is 3. The van der Waals surface area contributed by atoms with Crippen molar-refractivity contribution in [1.29, 1.82) is 0 Å². The van der Waals surface area contributed by atoms with Gasteiger partial charge in [-0.1, -0.05) is 43.7 Å². The molecule has 3 amide bonds. The van der Waals surface area contributed by atoms with Crippen molar-refractivity contribution in [2.24, 2.45) is 7.05 Å². The molecule has 6 nitrogen and oxygen atoms in total. The Kier molecular flexibility index (Phi) is 4.91. The Hall–Kier alpha value is -2.89. The van der Waals surface area contributed by atoms with Gasteiger partial charge in [-0.05, 0) is 31.9 Å². The lowest BCUT2D eigenvalue weighted by atomic mass is 9.85. The Bertz CT molecular complexity index is 901. The molecule has 27 heavy (non-hydrogen) atoms. The summed E-state index contributed by atoms with van der Waals surface area (Å²) in [6.07, 6.45) is 1.20. The number of benzene rings is 1. The quantitative estimate of drug-likeness (QED) is 0.630. The van der Waals surface area contributed by atoms with Gasteiger partial charge in [-0.15, -0.1) is 0 Å². The van der Waals surface area contributed by atoms with Crippen LogP contribution in [0.15, 0.2) is 36.4 Å². The second-order valence-electron chi connectivity index (χ2n) is 7.11. The van der Waals surface area contributed by atoms with E-state index in [4.69, 9.17) is 0 Å². The minimum Gasteiger partial charge on any atom is -0.351 e. The smallest absolute Gasteiger partial charge is 0.325 e. The summed E-state index contributed by atoms with van der Waals surface area (Å²) in [6.45, 7) is 5.48. The number of nitrogens with one attached hydrogen (secondary N) is 1. The summed E-state index contributed by atoms with van der Waals surface area (Å²) >= 11 is 0. The van der Waals surface area contributed by atoms with Gasteiger partial charge in [-0.3, -0.25) is 14.5 Å². The van der Waals surface area contributed by atoms with Crippen molar-refractivity contribution in [3.8, 4) is 0 Å². The molecule has 2 heterocycles. The molecule has 3 rings (SSSR count). The molecular formula is C21H25N3O3. The van der Waals surface area contributed by atoms with Gasteiger partial charge in [0.2, 0.25) is 0 Å². The molecule has 1 aromatic carbocycles. The summed E-state index contributed by atoms with van der Waals surface area (Å²) in [5, 5.41) is 2.85. The number of amides is 3. The number of imide groups is 1. The molecule has 2 aromatic rings. The molecule has 0 saturated carbocycles. The van der Waals surface area contributed by atoms with Crippen LogP contribution in [-0.4, -0.2) is 33.7 Å². The van der Waals surface area contributed by atoms with Crippen LogP contribution in [-0.2, 0) is 17.4 Å². The van der Waals surface area contributed by atoms with Crippen LogP contribution < -0.4 is 5.32 Å². The third-order valence-electron chi connectivity index (χ3n) is 5.44. The maximum absolute atomic E-state index is 13.2. The number of nitrogens with zero attached hydrogens (tertiary/aromatic N) is 2. The second-order valence-corrected chi connectivity index (χ2v) is 7.11. The maximum Gasteiger partial charge on any atom is 0.325 e. The minimum atomic E-state index is -1.10. The number of aryl methyl sites for hydroxylation is 1. The molecule has 1 fully saturated rings. The first-order valence-corrected chi connectivity index (χ1v) is 9.17. The summed E-state index contributed by atoms with van der Waals surface area (Å²) in [7, 11) is 1.89. The molecule has 1 N–H and O–H groups in total. The van der Waals surface area contributed by atoms with Crippen LogP contribution in [0.5, 0.6) is 0 Å². The van der Waals surface area contributed by atoms with E-state index >= 15 is 0 Å². The third kappa shape index (κ3) is 3.05. The fourth-order valence-corrected chi connectivity index (χ4v) is 3.74. The zero-order valence-electron chi connectivity index (χ0n) is 16.2. The van der Waals surface area contributed by atoms with Crippen molar-refractivity contribution in [2.75, 3.05) is 6.54 Å². The highest BCUT2D eigenvalue weighted by Gasteiger charge is 2.52. The maximum atomic E-state index is 13.2. The van der Waals surface area contributed by atoms with Crippen LogP contribution in [0.2, 0.25) is 0 Å². The van der Waals surface area contributed by atoms with E-state index in [0.29, 0.717) is 12.0 Å². The van der Waals surface area contributed by atoms with Crippen molar-refractivity contribution in [2.45, 2.75) is 39.2 Å². The zero-order valence-corrected chi connectivity index (χ0v) is 16.2. The molecule has 1 aliphatic heterocycles. The van der Waals surface area contributed by atoms with E-state index < -0.39 is 11.6 Å². The van der Waals surface area contributed by atoms with Gasteiger partial charge in [0, 0.05) is 24.0 Å². The standard InChI is InChI=1S/C21H25N3O3/c1-5-11-21(16-9-7-6-8-10-16)19(26)24(20(27)22-21)13-18(25)17-12-14(2)23(4)15(17)3/h6-10,12H,5,11,13H2,1-4H3,(H,22,27)/t21-/m1/s1. The van der Waals surface area contributed by atoms with Crippen molar-refractivity contribution in [1.82, 2.24) is 14.8 Å². The third-order valence-corrected chi connectivity index (χ3v) is 5.44. The van der Waals surface area contributed by atoms with Gasteiger partial charge in [0.05, 0.1) is 6.54 Å². The number of Topliss-reactive ketones (excluding diaryl/α,β-unsaturated/α-hetero) is 1. The molecule has 1 saturated heterocycles. The van der Waals surface area contributed by atoms with Gasteiger partial charge in [-0.25, -0.2) is 4.79 Å². The van der Waals surface area contributed by atoms with Gasteiger partial charge >= 0.3 is 6.03 Å². The predicted octanol–water partition coefficient (Wildman–Crippen LogP) is 3.07. The molecule has 0 aliphatic carbocycles. The first-order chi connectivity index (χ1) is 12.8. The Balaban J connectivity index is 1.91. The summed E-state index contributed by atoms with van der Waals surface area (Å²) in [5.41, 5.74) is 1.97. The van der Waals surface area contributed by atoms with Crippen molar-refractivity contribution in [3.05, 3.63) is 58.9 Å². The SMILES string of the molecule is CCC[C@]1(c2ccccc2)NC(=O)N(CC(=O)c2cc(C)n(C)c2C)C1=O. The average molecular weight is 367 g/mol. The zero-order chi connectivity index (χ0) is 19.8. The van der Waals surface area contributed by atoms with Crippen LogP contribution in [0.25, 0.3) is 0 Å². The molecule has 0 spiro atoms. The number of urea groups is 1. The Morgan fingerprint density at radius 3 is 2.37 bits per heavy atom. The fraction of sp³-hybridized carbons (Fsp3) is 0.381. The van der Waals surface area contributed by atoms with Crippen LogP contribution in [0.3, 0.4) is 0 Å². The van der Waals surface area contributed by atoms with Crippen molar-refractivity contribution in [3.63, 3.8) is 0 Å². The summed E-state index contributed by atoms with van der Waals surface area (Å²) < 4.78 is 1.92. The van der Waals surface area contributed by atoms with E-state index in [9.17, 15) is 14.4 Å². The van der Waals surface area contributed by atoms with E-state index in [1.165, 1.54) is 0 Å². The Morgan fingerprint density at radius 1 is 1.15 bits per heavy atom. The van der Waals surface area contributed by atoms with Crippen LogP contribution in [0.1, 0.15) is 47.1 Å². The molecule has 0 bridgehead atoms. The first-order valence-electron chi connectivity index (χ1n) is 9.17. The molecule has 0 radical (unpaired) electrons. The van der Waals surface area contributed by atoms with Crippen LogP contribution in [0, 0.1) is 13.8 Å². The van der Waals surface area contributed by atoms with Gasteiger partial charge < -0.3 is 9.88 Å². The number of rotatable bonds is 6. The van der Waals surface area contributed by atoms with Gasteiger partial charge in [0.1, 0.15) is 5.54 Å². The lowest BCUT2D eigenvalue weighted by Crippen LogP contribution is -2.44. The van der Waals surface area contributed by atoms with Crippen molar-refractivity contribution >= 4 is 17.7 Å². The van der Waals surface area contributed by atoms with E-state index in [1.807, 2.05) is 62.7 Å². The first kappa shape index (κ1) is 18.9. The Labute approximate surface area is 159 Å². The number of carbonyl (C=O) groups excluding carboxylic acids is 3. The number of hydrogen-bond donors (Lipinski definition) is 1. The summed E-state index contributed by atoms with van der Waals surface area (Å²) in [6, 6.07) is 10.5. The molecule has 142 valence electrons. The monoisotopic (exact) mass is 367 g/mol. The molecular weight excluding hydrogens is 342 g/mol. The minimum absolute atomic E-state index is 0.236. The normalized spacial score (nSPS) is 19.5. The largest absolute Gasteiger partial charge is 0.351 e. The highest BCUT2D eigenvalue weighted by molar-refractivity contribution is 6.11. The van der Waals surface area contributed by atoms with Crippen molar-refractivity contribution < 1.29 is 14.4 Å². The number of ketones is 1. The Morgan fingerprint density at radius 2 is 1.81 bits per heavy atom. The molecule has 1 aliphatic rings.